The van der Waals surface area contributed by atoms with Crippen LogP contribution in [-0.2, 0) is 24.7 Å². The number of carboxylic acid groups (broad SMARTS) is 1. The Balaban J connectivity index is 2.13. The molecule has 11 heteroatoms. The second-order valence-electron chi connectivity index (χ2n) is 5.83. The van der Waals surface area contributed by atoms with Crippen molar-refractivity contribution < 1.29 is 31.5 Å². The Morgan fingerprint density at radius 1 is 0.964 bits per heavy atom. The molecule has 0 heterocycles. The summed E-state index contributed by atoms with van der Waals surface area (Å²) in [5, 5.41) is 11.0. The van der Waals surface area contributed by atoms with Crippen LogP contribution in [0.15, 0.2) is 58.3 Å². The quantitative estimate of drug-likeness (QED) is 0.572. The molecule has 0 aromatic heterocycles. The van der Waals surface area contributed by atoms with E-state index in [0.717, 1.165) is 12.3 Å². The fourth-order valence-corrected chi connectivity index (χ4v) is 4.01. The van der Waals surface area contributed by atoms with E-state index in [1.165, 1.54) is 42.5 Å². The van der Waals surface area contributed by atoms with Gasteiger partial charge < -0.3 is 10.4 Å². The van der Waals surface area contributed by atoms with Gasteiger partial charge in [-0.15, -0.1) is 0 Å². The highest BCUT2D eigenvalue weighted by molar-refractivity contribution is 7.93. The molecule has 0 saturated carbocycles. The average molecular weight is 426 g/mol. The summed E-state index contributed by atoms with van der Waals surface area (Å²) in [6.07, 6.45) is 0.766. The zero-order valence-corrected chi connectivity index (χ0v) is 16.4. The minimum atomic E-state index is -4.03. The van der Waals surface area contributed by atoms with Crippen LogP contribution in [0.3, 0.4) is 0 Å². The first-order chi connectivity index (χ1) is 13.0. The molecule has 0 spiro atoms. The zero-order chi connectivity index (χ0) is 20.9. The van der Waals surface area contributed by atoms with Crippen LogP contribution >= 0.6 is 0 Å². The number of carboxylic acids is 1. The molecule has 0 fully saturated rings. The van der Waals surface area contributed by atoms with E-state index in [4.69, 9.17) is 5.11 Å². The van der Waals surface area contributed by atoms with E-state index in [-0.39, 0.29) is 34.0 Å². The number of hydrogen-bond acceptors (Lipinski definition) is 6. The Morgan fingerprint density at radius 2 is 1.57 bits per heavy atom. The molecule has 3 N–H and O–H groups in total. The van der Waals surface area contributed by atoms with Gasteiger partial charge in [-0.1, -0.05) is 6.07 Å². The summed E-state index contributed by atoms with van der Waals surface area (Å²) < 4.78 is 50.4. The van der Waals surface area contributed by atoms with E-state index in [1.54, 1.807) is 0 Å². The molecule has 0 radical (unpaired) electrons. The van der Waals surface area contributed by atoms with Crippen molar-refractivity contribution in [3.05, 3.63) is 54.1 Å². The fraction of sp³-hybridized carbons (Fsp3) is 0.176. The van der Waals surface area contributed by atoms with Crippen molar-refractivity contribution in [2.75, 3.05) is 17.5 Å². The standard InChI is InChI=1S/C17H18N2O7S2/c1-27(23,24)14-3-2-4-15(11-14)28(25,26)19-13-7-5-12(6-8-13)17(22)18-10-9-16(20)21/h2-8,11,19H,9-10H2,1H3,(H,18,22)(H,20,21). The number of benzene rings is 2. The third-order valence-electron chi connectivity index (χ3n) is 3.57. The molecule has 2 rings (SSSR count). The number of sulfonamides is 1. The van der Waals surface area contributed by atoms with Gasteiger partial charge in [0, 0.05) is 24.1 Å². The van der Waals surface area contributed by atoms with Crippen molar-refractivity contribution >= 4 is 37.4 Å². The van der Waals surface area contributed by atoms with Gasteiger partial charge in [-0.25, -0.2) is 16.8 Å². The Bertz CT molecular complexity index is 1090. The van der Waals surface area contributed by atoms with E-state index < -0.39 is 31.7 Å². The van der Waals surface area contributed by atoms with Gasteiger partial charge in [0.25, 0.3) is 15.9 Å². The first-order valence-electron chi connectivity index (χ1n) is 7.92. The van der Waals surface area contributed by atoms with Crippen LogP contribution in [0.5, 0.6) is 0 Å². The molecule has 0 saturated heterocycles. The summed E-state index contributed by atoms with van der Waals surface area (Å²) in [5.74, 6) is -1.53. The molecule has 0 atom stereocenters. The molecular formula is C17H18N2O7S2. The minimum Gasteiger partial charge on any atom is -0.481 e. The maximum absolute atomic E-state index is 12.5. The molecule has 0 aliphatic carbocycles. The highest BCUT2D eigenvalue weighted by Gasteiger charge is 2.17. The number of sulfone groups is 1. The van der Waals surface area contributed by atoms with Crippen LogP contribution in [-0.4, -0.2) is 46.6 Å². The van der Waals surface area contributed by atoms with Crippen molar-refractivity contribution in [3.8, 4) is 0 Å². The minimum absolute atomic E-state index is 0.0285. The zero-order valence-electron chi connectivity index (χ0n) is 14.7. The van der Waals surface area contributed by atoms with E-state index in [2.05, 4.69) is 10.0 Å². The summed E-state index contributed by atoms with van der Waals surface area (Å²) >= 11 is 0. The van der Waals surface area contributed by atoms with E-state index in [9.17, 15) is 26.4 Å². The van der Waals surface area contributed by atoms with Gasteiger partial charge in [0.05, 0.1) is 16.2 Å². The molecule has 0 aliphatic rings. The summed E-state index contributed by atoms with van der Waals surface area (Å²) in [7, 11) is -7.59. The van der Waals surface area contributed by atoms with E-state index in [1.807, 2.05) is 0 Å². The second-order valence-corrected chi connectivity index (χ2v) is 9.53. The molecule has 2 aromatic rings. The molecule has 9 nitrogen and oxygen atoms in total. The lowest BCUT2D eigenvalue weighted by atomic mass is 10.2. The average Bonchev–Trinajstić information content (AvgIpc) is 2.61. The smallest absolute Gasteiger partial charge is 0.305 e. The molecule has 0 aliphatic heterocycles. The van der Waals surface area contributed by atoms with Crippen LogP contribution in [0.1, 0.15) is 16.8 Å². The first-order valence-corrected chi connectivity index (χ1v) is 11.3. The third kappa shape index (κ3) is 5.79. The predicted molar refractivity (Wildman–Crippen MR) is 101 cm³/mol. The topological polar surface area (TPSA) is 147 Å². The van der Waals surface area contributed by atoms with Gasteiger partial charge in [-0.2, -0.15) is 0 Å². The lowest BCUT2D eigenvalue weighted by Crippen LogP contribution is -2.25. The van der Waals surface area contributed by atoms with Crippen LogP contribution in [0, 0.1) is 0 Å². The third-order valence-corrected chi connectivity index (χ3v) is 6.06. The summed E-state index contributed by atoms with van der Waals surface area (Å²) in [6.45, 7) is -0.0285. The number of rotatable bonds is 8. The van der Waals surface area contributed by atoms with Crippen molar-refractivity contribution in [1.29, 1.82) is 0 Å². The van der Waals surface area contributed by atoms with Crippen LogP contribution < -0.4 is 10.0 Å². The number of anilines is 1. The molecule has 0 unspecified atom stereocenters. The predicted octanol–water partition coefficient (Wildman–Crippen LogP) is 1.10. The number of hydrogen-bond donors (Lipinski definition) is 3. The fourth-order valence-electron chi connectivity index (χ4n) is 2.16. The van der Waals surface area contributed by atoms with Crippen LogP contribution in [0.4, 0.5) is 5.69 Å². The molecular weight excluding hydrogens is 408 g/mol. The van der Waals surface area contributed by atoms with Crippen molar-refractivity contribution in [1.82, 2.24) is 5.32 Å². The number of amides is 1. The largest absolute Gasteiger partial charge is 0.481 e. The number of carbonyl (C=O) groups excluding carboxylic acids is 1. The summed E-state index contributed by atoms with van der Waals surface area (Å²) in [5.41, 5.74) is 0.402. The van der Waals surface area contributed by atoms with Crippen LogP contribution in [0.2, 0.25) is 0 Å². The highest BCUT2D eigenvalue weighted by Crippen LogP contribution is 2.19. The number of carbonyl (C=O) groups is 2. The van der Waals surface area contributed by atoms with Gasteiger partial charge >= 0.3 is 5.97 Å². The lowest BCUT2D eigenvalue weighted by molar-refractivity contribution is -0.136. The highest BCUT2D eigenvalue weighted by atomic mass is 32.2. The van der Waals surface area contributed by atoms with Crippen molar-refractivity contribution in [2.45, 2.75) is 16.2 Å². The Labute approximate surface area is 162 Å². The maximum Gasteiger partial charge on any atom is 0.305 e. The van der Waals surface area contributed by atoms with Gasteiger partial charge in [-0.05, 0) is 42.5 Å². The number of nitrogens with one attached hydrogen (secondary N) is 2. The molecule has 150 valence electrons. The SMILES string of the molecule is CS(=O)(=O)c1cccc(S(=O)(=O)Nc2ccc(C(=O)NCCC(=O)O)cc2)c1. The van der Waals surface area contributed by atoms with Gasteiger partial charge in [0.1, 0.15) is 0 Å². The maximum atomic E-state index is 12.5. The van der Waals surface area contributed by atoms with Crippen molar-refractivity contribution in [2.24, 2.45) is 0 Å². The lowest BCUT2D eigenvalue weighted by Gasteiger charge is -2.10. The van der Waals surface area contributed by atoms with E-state index in [0.29, 0.717) is 0 Å². The summed E-state index contributed by atoms with van der Waals surface area (Å²) in [6, 6.07) is 10.4. The Kier molecular flexibility index (Phi) is 6.41. The van der Waals surface area contributed by atoms with Gasteiger partial charge in [0.2, 0.25) is 0 Å². The van der Waals surface area contributed by atoms with Gasteiger partial charge in [0.15, 0.2) is 9.84 Å². The van der Waals surface area contributed by atoms with Crippen LogP contribution in [0.25, 0.3) is 0 Å². The summed E-state index contributed by atoms with van der Waals surface area (Å²) in [4.78, 5) is 22.0. The second kappa shape index (κ2) is 8.40. The Hall–Kier alpha value is -2.92. The Morgan fingerprint density at radius 3 is 2.14 bits per heavy atom. The normalized spacial score (nSPS) is 11.6. The van der Waals surface area contributed by atoms with Gasteiger partial charge in [-0.3, -0.25) is 14.3 Å². The molecule has 28 heavy (non-hydrogen) atoms. The monoisotopic (exact) mass is 426 g/mol. The van der Waals surface area contributed by atoms with Crippen molar-refractivity contribution in [3.63, 3.8) is 0 Å². The van der Waals surface area contributed by atoms with E-state index >= 15 is 0 Å². The molecule has 1 amide bonds. The number of aliphatic carboxylic acids is 1. The first kappa shape index (κ1) is 21.4. The molecule has 0 bridgehead atoms. The molecule has 2 aromatic carbocycles.